The van der Waals surface area contributed by atoms with Crippen LogP contribution in [0.15, 0.2) is 30.3 Å². The molecule has 0 radical (unpaired) electrons. The zero-order chi connectivity index (χ0) is 15.4. The van der Waals surface area contributed by atoms with Gasteiger partial charge >= 0.3 is 5.97 Å². The fraction of sp³-hybridized carbons (Fsp3) is 0.312. The molecule has 2 aromatic rings. The van der Waals surface area contributed by atoms with Crippen molar-refractivity contribution in [2.75, 3.05) is 14.2 Å². The van der Waals surface area contributed by atoms with Gasteiger partial charge in [-0.3, -0.25) is 0 Å². The standard InChI is InChI=1S/C16H19NO4/c1-10(2)21-14-8-5-11(9-15(14)19-3)12-6-7-13(17-12)16(18)20-4/h5-10,17H,1-4H3. The first-order valence-corrected chi connectivity index (χ1v) is 6.67. The number of methoxy groups -OCH3 is 2. The number of nitrogens with one attached hydrogen (secondary N) is 1. The van der Waals surface area contributed by atoms with Crippen LogP contribution in [0.5, 0.6) is 11.5 Å². The Balaban J connectivity index is 2.32. The van der Waals surface area contributed by atoms with Gasteiger partial charge in [0.05, 0.1) is 20.3 Å². The van der Waals surface area contributed by atoms with Gasteiger partial charge in [-0.1, -0.05) is 0 Å². The van der Waals surface area contributed by atoms with Crippen molar-refractivity contribution < 1.29 is 19.0 Å². The zero-order valence-electron chi connectivity index (χ0n) is 12.6. The van der Waals surface area contributed by atoms with Gasteiger partial charge in [-0.05, 0) is 44.2 Å². The summed E-state index contributed by atoms with van der Waals surface area (Å²) in [5, 5.41) is 0. The minimum absolute atomic E-state index is 0.0705. The smallest absolute Gasteiger partial charge is 0.354 e. The van der Waals surface area contributed by atoms with E-state index in [0.29, 0.717) is 17.2 Å². The van der Waals surface area contributed by atoms with E-state index in [9.17, 15) is 4.79 Å². The van der Waals surface area contributed by atoms with Crippen molar-refractivity contribution in [3.05, 3.63) is 36.0 Å². The van der Waals surface area contributed by atoms with E-state index < -0.39 is 5.97 Å². The van der Waals surface area contributed by atoms with Crippen LogP contribution in [0.2, 0.25) is 0 Å². The van der Waals surface area contributed by atoms with Crippen molar-refractivity contribution in [2.24, 2.45) is 0 Å². The highest BCUT2D eigenvalue weighted by Gasteiger charge is 2.12. The number of hydrogen-bond donors (Lipinski definition) is 1. The largest absolute Gasteiger partial charge is 0.493 e. The van der Waals surface area contributed by atoms with E-state index in [2.05, 4.69) is 9.72 Å². The van der Waals surface area contributed by atoms with Gasteiger partial charge in [0.25, 0.3) is 0 Å². The number of hydrogen-bond acceptors (Lipinski definition) is 4. The zero-order valence-corrected chi connectivity index (χ0v) is 12.6. The summed E-state index contributed by atoms with van der Waals surface area (Å²) in [4.78, 5) is 14.5. The van der Waals surface area contributed by atoms with Crippen molar-refractivity contribution in [1.29, 1.82) is 0 Å². The van der Waals surface area contributed by atoms with Crippen LogP contribution < -0.4 is 9.47 Å². The second kappa shape index (κ2) is 6.35. The molecule has 1 N–H and O–H groups in total. The quantitative estimate of drug-likeness (QED) is 0.858. The number of rotatable bonds is 5. The molecule has 5 nitrogen and oxygen atoms in total. The lowest BCUT2D eigenvalue weighted by Gasteiger charge is -2.14. The minimum atomic E-state index is -0.395. The van der Waals surface area contributed by atoms with Gasteiger partial charge in [-0.2, -0.15) is 0 Å². The highest BCUT2D eigenvalue weighted by Crippen LogP contribution is 2.32. The van der Waals surface area contributed by atoms with Crippen LogP contribution in [0.4, 0.5) is 0 Å². The summed E-state index contributed by atoms with van der Waals surface area (Å²) in [5.74, 6) is 0.944. The molecule has 0 spiro atoms. The predicted molar refractivity (Wildman–Crippen MR) is 79.9 cm³/mol. The molecule has 1 aromatic carbocycles. The van der Waals surface area contributed by atoms with Gasteiger partial charge in [0, 0.05) is 11.3 Å². The Morgan fingerprint density at radius 2 is 1.86 bits per heavy atom. The summed E-state index contributed by atoms with van der Waals surface area (Å²) in [5.41, 5.74) is 2.12. The van der Waals surface area contributed by atoms with E-state index in [1.807, 2.05) is 38.1 Å². The number of aromatic nitrogens is 1. The van der Waals surface area contributed by atoms with Gasteiger partial charge in [0.1, 0.15) is 5.69 Å². The van der Waals surface area contributed by atoms with Crippen LogP contribution in [-0.2, 0) is 4.74 Å². The molecule has 0 saturated heterocycles. The Labute approximate surface area is 123 Å². The molecule has 0 aliphatic carbocycles. The molecule has 0 saturated carbocycles. The number of H-pyrrole nitrogens is 1. The van der Waals surface area contributed by atoms with Gasteiger partial charge in [-0.25, -0.2) is 4.79 Å². The number of ether oxygens (including phenoxy) is 3. The van der Waals surface area contributed by atoms with Crippen LogP contribution in [0, 0.1) is 0 Å². The molecule has 0 aliphatic rings. The maximum absolute atomic E-state index is 11.5. The topological polar surface area (TPSA) is 60.6 Å². The van der Waals surface area contributed by atoms with Gasteiger partial charge in [0.2, 0.25) is 0 Å². The van der Waals surface area contributed by atoms with E-state index in [-0.39, 0.29) is 6.10 Å². The van der Waals surface area contributed by atoms with E-state index in [4.69, 9.17) is 9.47 Å². The molecular weight excluding hydrogens is 270 g/mol. The van der Waals surface area contributed by atoms with Crippen molar-refractivity contribution in [3.63, 3.8) is 0 Å². The monoisotopic (exact) mass is 289 g/mol. The van der Waals surface area contributed by atoms with Crippen LogP contribution in [0.1, 0.15) is 24.3 Å². The molecular formula is C16H19NO4. The third-order valence-corrected chi connectivity index (χ3v) is 2.93. The van der Waals surface area contributed by atoms with E-state index in [0.717, 1.165) is 11.3 Å². The first kappa shape index (κ1) is 15.0. The molecule has 0 bridgehead atoms. The normalized spacial score (nSPS) is 10.5. The summed E-state index contributed by atoms with van der Waals surface area (Å²) in [6.07, 6.45) is 0.0705. The minimum Gasteiger partial charge on any atom is -0.493 e. The Bertz CT molecular complexity index is 631. The van der Waals surface area contributed by atoms with Crippen molar-refractivity contribution in [2.45, 2.75) is 20.0 Å². The maximum atomic E-state index is 11.5. The third kappa shape index (κ3) is 3.37. The van der Waals surface area contributed by atoms with E-state index in [1.54, 1.807) is 13.2 Å². The number of esters is 1. The second-order valence-electron chi connectivity index (χ2n) is 4.81. The predicted octanol–water partition coefficient (Wildman–Crippen LogP) is 3.26. The highest BCUT2D eigenvalue weighted by molar-refractivity contribution is 5.88. The average molecular weight is 289 g/mol. The molecule has 0 atom stereocenters. The Hall–Kier alpha value is -2.43. The van der Waals surface area contributed by atoms with Gasteiger partial charge in [0.15, 0.2) is 11.5 Å². The average Bonchev–Trinajstić information content (AvgIpc) is 2.96. The summed E-state index contributed by atoms with van der Waals surface area (Å²) in [6, 6.07) is 9.14. The Morgan fingerprint density at radius 1 is 1.10 bits per heavy atom. The number of carbonyl (C=O) groups is 1. The van der Waals surface area contributed by atoms with Gasteiger partial charge < -0.3 is 19.2 Å². The van der Waals surface area contributed by atoms with Crippen LogP contribution in [-0.4, -0.2) is 31.3 Å². The van der Waals surface area contributed by atoms with Crippen molar-refractivity contribution >= 4 is 5.97 Å². The summed E-state index contributed by atoms with van der Waals surface area (Å²) < 4.78 is 15.7. The van der Waals surface area contributed by atoms with Crippen molar-refractivity contribution in [3.8, 4) is 22.8 Å². The number of benzene rings is 1. The van der Waals surface area contributed by atoms with Crippen LogP contribution >= 0.6 is 0 Å². The SMILES string of the molecule is COC(=O)c1ccc(-c2ccc(OC(C)C)c(OC)c2)[nH]1. The molecule has 21 heavy (non-hydrogen) atoms. The number of carbonyl (C=O) groups excluding carboxylic acids is 1. The lowest BCUT2D eigenvalue weighted by molar-refractivity contribution is 0.0595. The molecule has 112 valence electrons. The molecule has 0 unspecified atom stereocenters. The molecule has 0 fully saturated rings. The molecule has 2 rings (SSSR count). The summed E-state index contributed by atoms with van der Waals surface area (Å²) in [7, 11) is 2.95. The van der Waals surface area contributed by atoms with E-state index in [1.165, 1.54) is 7.11 Å². The van der Waals surface area contributed by atoms with Gasteiger partial charge in [-0.15, -0.1) is 0 Å². The number of aromatic amines is 1. The second-order valence-corrected chi connectivity index (χ2v) is 4.81. The lowest BCUT2D eigenvalue weighted by atomic mass is 10.1. The van der Waals surface area contributed by atoms with Crippen LogP contribution in [0.3, 0.4) is 0 Å². The fourth-order valence-electron chi connectivity index (χ4n) is 1.98. The summed E-state index contributed by atoms with van der Waals surface area (Å²) in [6.45, 7) is 3.92. The lowest BCUT2D eigenvalue weighted by Crippen LogP contribution is -2.06. The Kier molecular flexibility index (Phi) is 4.52. The molecule has 0 aliphatic heterocycles. The van der Waals surface area contributed by atoms with E-state index >= 15 is 0 Å². The third-order valence-electron chi connectivity index (χ3n) is 2.93. The summed E-state index contributed by atoms with van der Waals surface area (Å²) >= 11 is 0. The first-order chi connectivity index (χ1) is 10.0. The molecule has 1 heterocycles. The van der Waals surface area contributed by atoms with Crippen molar-refractivity contribution in [1.82, 2.24) is 4.98 Å². The first-order valence-electron chi connectivity index (χ1n) is 6.67. The highest BCUT2D eigenvalue weighted by atomic mass is 16.5. The Morgan fingerprint density at radius 3 is 2.48 bits per heavy atom. The maximum Gasteiger partial charge on any atom is 0.354 e. The molecule has 5 heteroatoms. The van der Waals surface area contributed by atoms with Crippen LogP contribution in [0.25, 0.3) is 11.3 Å². The molecule has 1 aromatic heterocycles. The fourth-order valence-corrected chi connectivity index (χ4v) is 1.98. The molecule has 0 amide bonds.